The van der Waals surface area contributed by atoms with Crippen LogP contribution in [0.25, 0.3) is 99.2 Å². The van der Waals surface area contributed by atoms with Crippen molar-refractivity contribution in [2.24, 2.45) is 0 Å². The maximum atomic E-state index is 6.80. The first-order valence-electron chi connectivity index (χ1n) is 17.4. The lowest BCUT2D eigenvalue weighted by molar-refractivity contribution is 0.669. The topological polar surface area (TPSA) is 23.0 Å². The van der Waals surface area contributed by atoms with E-state index in [1.165, 1.54) is 54.8 Å². The van der Waals surface area contributed by atoms with Crippen LogP contribution in [0.15, 0.2) is 186 Å². The fraction of sp³-hybridized carbons (Fsp3) is 0. The first-order chi connectivity index (χ1) is 25.3. The molecule has 3 aromatic heterocycles. The maximum Gasteiger partial charge on any atom is 0.137 e. The second-order valence-corrected chi connectivity index (χ2v) is 13.4. The quantitative estimate of drug-likeness (QED) is 0.186. The zero-order chi connectivity index (χ0) is 33.5. The molecular weight excluding hydrogens is 621 g/mol. The van der Waals surface area contributed by atoms with E-state index in [0.717, 1.165) is 44.3 Å². The predicted molar refractivity (Wildman–Crippen MR) is 213 cm³/mol. The highest BCUT2D eigenvalue weighted by Crippen LogP contribution is 2.42. The summed E-state index contributed by atoms with van der Waals surface area (Å²) < 4.78 is 11.6. The molecule has 0 saturated heterocycles. The van der Waals surface area contributed by atoms with Gasteiger partial charge in [0.2, 0.25) is 0 Å². The second-order valence-electron chi connectivity index (χ2n) is 13.4. The van der Waals surface area contributed by atoms with Crippen molar-refractivity contribution in [1.82, 2.24) is 9.13 Å². The van der Waals surface area contributed by atoms with Gasteiger partial charge in [-0.3, -0.25) is 0 Å². The summed E-state index contributed by atoms with van der Waals surface area (Å²) in [4.78, 5) is 0. The van der Waals surface area contributed by atoms with Crippen molar-refractivity contribution in [2.45, 2.75) is 0 Å². The molecule has 0 spiro atoms. The summed E-state index contributed by atoms with van der Waals surface area (Å²) in [6, 6.07) is 65.4. The van der Waals surface area contributed by atoms with Gasteiger partial charge in [0.25, 0.3) is 0 Å². The molecule has 0 aliphatic heterocycles. The van der Waals surface area contributed by atoms with E-state index in [0.29, 0.717) is 0 Å². The molecule has 0 saturated carbocycles. The minimum atomic E-state index is 0.885. The molecule has 3 heterocycles. The van der Waals surface area contributed by atoms with Gasteiger partial charge >= 0.3 is 0 Å². The fourth-order valence-corrected chi connectivity index (χ4v) is 8.17. The third-order valence-corrected chi connectivity index (χ3v) is 10.5. The van der Waals surface area contributed by atoms with Crippen molar-refractivity contribution >= 4 is 65.6 Å². The SMILES string of the molecule is c1ccc(-c2cccc(-n3c4ccccc4c4cc5c(cc43)oc3cc4c(cc35)c3ccccc3n4-c3cccc(-c4ccccc4)c3)c2)cc1. The number of furan rings is 1. The van der Waals surface area contributed by atoms with Crippen molar-refractivity contribution in [3.8, 4) is 33.6 Å². The van der Waals surface area contributed by atoms with Crippen molar-refractivity contribution < 1.29 is 4.42 Å². The van der Waals surface area contributed by atoms with Gasteiger partial charge in [-0.1, -0.05) is 121 Å². The van der Waals surface area contributed by atoms with Gasteiger partial charge in [0, 0.05) is 55.8 Å². The van der Waals surface area contributed by atoms with Gasteiger partial charge in [-0.15, -0.1) is 0 Å². The molecular formula is C48H30N2O. The van der Waals surface area contributed by atoms with E-state index in [1.54, 1.807) is 0 Å². The Hall–Kier alpha value is -6.84. The van der Waals surface area contributed by atoms with Crippen molar-refractivity contribution in [2.75, 3.05) is 0 Å². The lowest BCUT2D eigenvalue weighted by Gasteiger charge is -2.10. The third-order valence-electron chi connectivity index (χ3n) is 10.5. The van der Waals surface area contributed by atoms with Gasteiger partial charge in [0.05, 0.1) is 22.1 Å². The van der Waals surface area contributed by atoms with Crippen LogP contribution in [0.4, 0.5) is 0 Å². The van der Waals surface area contributed by atoms with Crippen LogP contribution < -0.4 is 0 Å². The van der Waals surface area contributed by atoms with Crippen molar-refractivity contribution in [3.05, 3.63) is 182 Å². The van der Waals surface area contributed by atoms with Crippen LogP contribution >= 0.6 is 0 Å². The molecule has 11 aromatic rings. The highest BCUT2D eigenvalue weighted by molar-refractivity contribution is 6.21. The predicted octanol–water partition coefficient (Wildman–Crippen LogP) is 13.1. The van der Waals surface area contributed by atoms with Crippen LogP contribution in [0.5, 0.6) is 0 Å². The lowest BCUT2D eigenvalue weighted by atomic mass is 10.0. The Bertz CT molecular complexity index is 2910. The molecule has 0 amide bonds. The smallest absolute Gasteiger partial charge is 0.137 e. The van der Waals surface area contributed by atoms with E-state index in [2.05, 4.69) is 191 Å². The van der Waals surface area contributed by atoms with Gasteiger partial charge in [-0.05, 0) is 70.8 Å². The number of para-hydroxylation sites is 2. The van der Waals surface area contributed by atoms with Crippen LogP contribution in [-0.4, -0.2) is 9.13 Å². The minimum Gasteiger partial charge on any atom is -0.456 e. The Labute approximate surface area is 293 Å². The molecule has 0 aliphatic carbocycles. The molecule has 238 valence electrons. The van der Waals surface area contributed by atoms with Crippen molar-refractivity contribution in [3.63, 3.8) is 0 Å². The normalized spacial score (nSPS) is 11.9. The summed E-state index contributed by atoms with van der Waals surface area (Å²) in [5.41, 5.74) is 13.4. The molecule has 0 fully saturated rings. The summed E-state index contributed by atoms with van der Waals surface area (Å²) in [6.07, 6.45) is 0. The number of benzene rings is 8. The van der Waals surface area contributed by atoms with Gasteiger partial charge in [-0.25, -0.2) is 0 Å². The van der Waals surface area contributed by atoms with E-state index in [1.807, 2.05) is 0 Å². The monoisotopic (exact) mass is 650 g/mol. The van der Waals surface area contributed by atoms with Crippen LogP contribution in [-0.2, 0) is 0 Å². The van der Waals surface area contributed by atoms with Crippen LogP contribution in [0.2, 0.25) is 0 Å². The average Bonchev–Trinajstić information content (AvgIpc) is 3.83. The fourth-order valence-electron chi connectivity index (χ4n) is 8.17. The van der Waals surface area contributed by atoms with E-state index >= 15 is 0 Å². The van der Waals surface area contributed by atoms with Crippen LogP contribution in [0.3, 0.4) is 0 Å². The number of hydrogen-bond acceptors (Lipinski definition) is 1. The Morgan fingerprint density at radius 1 is 0.275 bits per heavy atom. The van der Waals surface area contributed by atoms with Gasteiger partial charge in [-0.2, -0.15) is 0 Å². The molecule has 3 heteroatoms. The van der Waals surface area contributed by atoms with E-state index in [4.69, 9.17) is 4.42 Å². The molecule has 0 N–H and O–H groups in total. The van der Waals surface area contributed by atoms with Crippen molar-refractivity contribution in [1.29, 1.82) is 0 Å². The minimum absolute atomic E-state index is 0.885. The first kappa shape index (κ1) is 28.0. The highest BCUT2D eigenvalue weighted by atomic mass is 16.3. The summed E-state index contributed by atoms with van der Waals surface area (Å²) in [5.74, 6) is 0. The third kappa shape index (κ3) is 4.25. The van der Waals surface area contributed by atoms with Gasteiger partial charge in [0.15, 0.2) is 0 Å². The first-order valence-corrected chi connectivity index (χ1v) is 17.4. The Morgan fingerprint density at radius 3 is 1.16 bits per heavy atom. The van der Waals surface area contributed by atoms with Crippen LogP contribution in [0, 0.1) is 0 Å². The van der Waals surface area contributed by atoms with Gasteiger partial charge < -0.3 is 13.6 Å². The molecule has 11 rings (SSSR count). The van der Waals surface area contributed by atoms with E-state index < -0.39 is 0 Å². The molecule has 3 nitrogen and oxygen atoms in total. The Balaban J connectivity index is 1.15. The zero-order valence-electron chi connectivity index (χ0n) is 27.6. The molecule has 0 radical (unpaired) electrons. The molecule has 0 atom stereocenters. The number of hydrogen-bond donors (Lipinski definition) is 0. The summed E-state index contributed by atoms with van der Waals surface area (Å²) in [6.45, 7) is 0. The number of fused-ring (bicyclic) bond motifs is 9. The zero-order valence-corrected chi connectivity index (χ0v) is 27.6. The maximum absolute atomic E-state index is 6.80. The largest absolute Gasteiger partial charge is 0.456 e. The number of rotatable bonds is 4. The summed E-state index contributed by atoms with van der Waals surface area (Å²) >= 11 is 0. The van der Waals surface area contributed by atoms with Gasteiger partial charge in [0.1, 0.15) is 11.2 Å². The summed E-state index contributed by atoms with van der Waals surface area (Å²) in [7, 11) is 0. The van der Waals surface area contributed by atoms with Crippen LogP contribution in [0.1, 0.15) is 0 Å². The Kier molecular flexibility index (Phi) is 5.96. The molecule has 51 heavy (non-hydrogen) atoms. The molecule has 0 bridgehead atoms. The average molecular weight is 651 g/mol. The van der Waals surface area contributed by atoms with E-state index in [9.17, 15) is 0 Å². The molecule has 8 aromatic carbocycles. The Morgan fingerprint density at radius 2 is 0.686 bits per heavy atom. The van der Waals surface area contributed by atoms with E-state index in [-0.39, 0.29) is 0 Å². The second kappa shape index (κ2) is 10.8. The number of aromatic nitrogens is 2. The molecule has 0 unspecified atom stereocenters. The highest BCUT2D eigenvalue weighted by Gasteiger charge is 2.20. The standard InChI is InChI=1S/C48H30N2O/c1-3-13-31(14-4-1)33-17-11-19-35(25-33)49-43-23-9-7-21-37(43)39-27-41-42-28-40-38-22-8-10-24-44(38)50(46(40)30-48(42)51-47(41)29-45(39)49)36-20-12-18-34(26-36)32-15-5-2-6-16-32/h1-30H. The summed E-state index contributed by atoms with van der Waals surface area (Å²) in [5, 5.41) is 7.14. The lowest BCUT2D eigenvalue weighted by Crippen LogP contribution is -1.94. The number of nitrogens with zero attached hydrogens (tertiary/aromatic N) is 2. The molecule has 0 aliphatic rings.